The van der Waals surface area contributed by atoms with E-state index in [2.05, 4.69) is 17.8 Å². The highest BCUT2D eigenvalue weighted by Crippen LogP contribution is 2.01. The van der Waals surface area contributed by atoms with Gasteiger partial charge in [0.25, 0.3) is 0 Å². The first-order valence-corrected chi connectivity index (χ1v) is 4.45. The van der Waals surface area contributed by atoms with Crippen molar-refractivity contribution in [3.8, 4) is 24.2 Å². The molecule has 0 aliphatic rings. The van der Waals surface area contributed by atoms with Gasteiger partial charge in [-0.2, -0.15) is 0 Å². The molecule has 1 aromatic carbocycles. The fraction of sp³-hybridized carbons (Fsp3) is 0.143. The number of hydrogen-bond acceptors (Lipinski definition) is 0. The predicted octanol–water partition coefficient (Wildman–Crippen LogP) is 3.01. The molecule has 0 heterocycles. The first kappa shape index (κ1) is 10.2. The molecule has 0 aliphatic carbocycles. The minimum absolute atomic E-state index is 0.772. The fourth-order valence-corrected chi connectivity index (χ4v) is 0.962. The Labute approximate surface area is 85.7 Å². The van der Waals surface area contributed by atoms with Crippen molar-refractivity contribution in [2.75, 3.05) is 0 Å². The van der Waals surface area contributed by atoms with Crippen LogP contribution in [0, 0.1) is 24.2 Å². The van der Waals surface area contributed by atoms with E-state index in [9.17, 15) is 0 Å². The summed E-state index contributed by atoms with van der Waals surface area (Å²) < 4.78 is 0. The maximum absolute atomic E-state index is 5.33. The third-order valence-corrected chi connectivity index (χ3v) is 1.75. The predicted molar refractivity (Wildman–Crippen MR) is 60.5 cm³/mol. The van der Waals surface area contributed by atoms with E-state index in [1.54, 1.807) is 0 Å². The topological polar surface area (TPSA) is 0 Å². The van der Waals surface area contributed by atoms with Crippen molar-refractivity contribution in [2.24, 2.45) is 0 Å². The third-order valence-electron chi connectivity index (χ3n) is 1.75. The molecule has 0 bridgehead atoms. The van der Waals surface area contributed by atoms with E-state index >= 15 is 0 Å². The van der Waals surface area contributed by atoms with Crippen LogP contribution in [0.15, 0.2) is 41.5 Å². The molecule has 0 aromatic heterocycles. The van der Waals surface area contributed by atoms with Crippen LogP contribution < -0.4 is 0 Å². The minimum Gasteiger partial charge on any atom is -0.114 e. The number of benzene rings is 1. The Morgan fingerprint density at radius 3 is 2.29 bits per heavy atom. The van der Waals surface area contributed by atoms with Crippen molar-refractivity contribution in [3.63, 3.8) is 0 Å². The van der Waals surface area contributed by atoms with Gasteiger partial charge in [-0.3, -0.25) is 0 Å². The zero-order valence-corrected chi connectivity index (χ0v) is 8.46. The second-order valence-electron chi connectivity index (χ2n) is 3.14. The number of rotatable bonds is 0. The molecule has 0 amide bonds. The van der Waals surface area contributed by atoms with E-state index in [1.165, 1.54) is 0 Å². The van der Waals surface area contributed by atoms with E-state index in [0.717, 1.165) is 16.7 Å². The molecule has 14 heavy (non-hydrogen) atoms. The van der Waals surface area contributed by atoms with Crippen LogP contribution in [0.2, 0.25) is 0 Å². The van der Waals surface area contributed by atoms with E-state index in [4.69, 9.17) is 6.42 Å². The standard InChI is InChI=1S/C14H12/c1-4-14(12(2)3)11-10-13-8-6-5-7-9-13/h1,5-9H,2-3H3. The lowest BCUT2D eigenvalue weighted by atomic mass is 10.1. The Morgan fingerprint density at radius 2 is 1.79 bits per heavy atom. The van der Waals surface area contributed by atoms with Gasteiger partial charge >= 0.3 is 0 Å². The molecular weight excluding hydrogens is 168 g/mol. The molecule has 0 unspecified atom stereocenters. The zero-order chi connectivity index (χ0) is 10.4. The van der Waals surface area contributed by atoms with Crippen LogP contribution in [0.25, 0.3) is 0 Å². The molecule has 68 valence electrons. The van der Waals surface area contributed by atoms with Crippen LogP contribution in [-0.4, -0.2) is 0 Å². The number of terminal acetylenes is 1. The Kier molecular flexibility index (Phi) is 3.59. The van der Waals surface area contributed by atoms with Gasteiger partial charge < -0.3 is 0 Å². The summed E-state index contributed by atoms with van der Waals surface area (Å²) >= 11 is 0. The van der Waals surface area contributed by atoms with E-state index in [-0.39, 0.29) is 0 Å². The largest absolute Gasteiger partial charge is 0.114 e. The SMILES string of the molecule is C#CC(C#Cc1ccccc1)=C(C)C. The first-order valence-electron chi connectivity index (χ1n) is 4.45. The van der Waals surface area contributed by atoms with Crippen molar-refractivity contribution >= 4 is 0 Å². The van der Waals surface area contributed by atoms with Crippen LogP contribution in [0.5, 0.6) is 0 Å². The molecular formula is C14H12. The van der Waals surface area contributed by atoms with E-state index in [0.29, 0.717) is 0 Å². The molecule has 0 nitrogen and oxygen atoms in total. The molecule has 0 N–H and O–H groups in total. The maximum atomic E-state index is 5.33. The molecule has 0 aliphatic heterocycles. The molecule has 0 saturated heterocycles. The van der Waals surface area contributed by atoms with Gasteiger partial charge in [0.15, 0.2) is 0 Å². The highest BCUT2D eigenvalue weighted by Gasteiger charge is 1.88. The molecule has 0 spiro atoms. The van der Waals surface area contributed by atoms with Crippen LogP contribution >= 0.6 is 0 Å². The molecule has 1 rings (SSSR count). The highest BCUT2D eigenvalue weighted by molar-refractivity contribution is 5.49. The maximum Gasteiger partial charge on any atom is 0.0731 e. The van der Waals surface area contributed by atoms with Gasteiger partial charge in [0.2, 0.25) is 0 Å². The smallest absolute Gasteiger partial charge is 0.0731 e. The summed E-state index contributed by atoms with van der Waals surface area (Å²) in [5.74, 6) is 8.58. The lowest BCUT2D eigenvalue weighted by molar-refractivity contribution is 1.37. The lowest BCUT2D eigenvalue weighted by Crippen LogP contribution is -1.78. The lowest BCUT2D eigenvalue weighted by Gasteiger charge is -1.90. The summed E-state index contributed by atoms with van der Waals surface area (Å²) in [6.07, 6.45) is 5.33. The summed E-state index contributed by atoms with van der Waals surface area (Å²) in [4.78, 5) is 0. The van der Waals surface area contributed by atoms with Crippen LogP contribution in [0.1, 0.15) is 19.4 Å². The van der Waals surface area contributed by atoms with Gasteiger partial charge in [-0.05, 0) is 26.0 Å². The zero-order valence-electron chi connectivity index (χ0n) is 8.46. The number of allylic oxidation sites excluding steroid dienone is 2. The van der Waals surface area contributed by atoms with Crippen LogP contribution in [0.4, 0.5) is 0 Å². The fourth-order valence-electron chi connectivity index (χ4n) is 0.962. The summed E-state index contributed by atoms with van der Waals surface area (Å²) in [6, 6.07) is 9.82. The van der Waals surface area contributed by atoms with Gasteiger partial charge in [0, 0.05) is 5.56 Å². The van der Waals surface area contributed by atoms with E-state index in [1.807, 2.05) is 44.2 Å². The first-order chi connectivity index (χ1) is 6.74. The third kappa shape index (κ3) is 2.85. The average Bonchev–Trinajstić information content (AvgIpc) is 2.20. The molecule has 0 saturated carbocycles. The van der Waals surface area contributed by atoms with Crippen LogP contribution in [-0.2, 0) is 0 Å². The van der Waals surface area contributed by atoms with Gasteiger partial charge in [-0.25, -0.2) is 0 Å². The molecule has 0 atom stereocenters. The van der Waals surface area contributed by atoms with Gasteiger partial charge in [-0.1, -0.05) is 41.5 Å². The summed E-state index contributed by atoms with van der Waals surface area (Å²) in [5.41, 5.74) is 2.84. The monoisotopic (exact) mass is 180 g/mol. The molecule has 1 aromatic rings. The van der Waals surface area contributed by atoms with Crippen molar-refractivity contribution in [1.29, 1.82) is 0 Å². The Morgan fingerprint density at radius 1 is 1.14 bits per heavy atom. The summed E-state index contributed by atoms with van der Waals surface area (Å²) in [7, 11) is 0. The number of hydrogen-bond donors (Lipinski definition) is 0. The quantitative estimate of drug-likeness (QED) is 0.538. The van der Waals surface area contributed by atoms with Crippen molar-refractivity contribution in [1.82, 2.24) is 0 Å². The molecule has 0 fully saturated rings. The highest BCUT2D eigenvalue weighted by atomic mass is 13.9. The Hall–Kier alpha value is -1.92. The van der Waals surface area contributed by atoms with Crippen molar-refractivity contribution in [3.05, 3.63) is 47.0 Å². The normalized spacial score (nSPS) is 8.07. The van der Waals surface area contributed by atoms with Crippen molar-refractivity contribution < 1.29 is 0 Å². The van der Waals surface area contributed by atoms with Gasteiger partial charge in [0.1, 0.15) is 0 Å². The van der Waals surface area contributed by atoms with Gasteiger partial charge in [0.05, 0.1) is 5.57 Å². The Bertz CT molecular complexity index is 426. The van der Waals surface area contributed by atoms with Crippen molar-refractivity contribution in [2.45, 2.75) is 13.8 Å². The summed E-state index contributed by atoms with van der Waals surface area (Å²) in [6.45, 7) is 3.93. The summed E-state index contributed by atoms with van der Waals surface area (Å²) in [5, 5.41) is 0. The van der Waals surface area contributed by atoms with E-state index < -0.39 is 0 Å². The molecule has 0 radical (unpaired) electrons. The average molecular weight is 180 g/mol. The van der Waals surface area contributed by atoms with Gasteiger partial charge in [-0.15, -0.1) is 6.42 Å². The second kappa shape index (κ2) is 4.95. The minimum atomic E-state index is 0.772. The second-order valence-corrected chi connectivity index (χ2v) is 3.14. The Balaban J connectivity index is 2.96. The molecule has 0 heteroatoms. The van der Waals surface area contributed by atoms with Crippen LogP contribution in [0.3, 0.4) is 0 Å².